The zero-order chi connectivity index (χ0) is 13.7. The Balaban J connectivity index is 1.92. The topological polar surface area (TPSA) is 87.5 Å². The van der Waals surface area contributed by atoms with Crippen LogP contribution < -0.4 is 10.6 Å². The van der Waals surface area contributed by atoms with Crippen molar-refractivity contribution in [3.05, 3.63) is 39.9 Å². The van der Waals surface area contributed by atoms with Crippen molar-refractivity contribution in [3.8, 4) is 0 Å². The maximum Gasteiger partial charge on any atom is 0.270 e. The lowest BCUT2D eigenvalue weighted by molar-refractivity contribution is -0.384. The Kier molecular flexibility index (Phi) is 4.43. The molecule has 1 saturated heterocycles. The van der Waals surface area contributed by atoms with Crippen LogP contribution in [0, 0.1) is 10.1 Å². The van der Waals surface area contributed by atoms with Crippen LogP contribution in [0.3, 0.4) is 0 Å². The van der Waals surface area contributed by atoms with E-state index in [1.807, 2.05) is 0 Å². The molecule has 1 aliphatic heterocycles. The van der Waals surface area contributed by atoms with Crippen molar-refractivity contribution in [1.82, 2.24) is 15.5 Å². The van der Waals surface area contributed by atoms with E-state index >= 15 is 0 Å². The van der Waals surface area contributed by atoms with Gasteiger partial charge in [-0.1, -0.05) is 6.07 Å². The van der Waals surface area contributed by atoms with Gasteiger partial charge in [-0.2, -0.15) is 0 Å². The molecule has 2 N–H and O–H groups in total. The lowest BCUT2D eigenvalue weighted by atomic mass is 10.2. The third-order valence-corrected chi connectivity index (χ3v) is 2.99. The molecule has 1 aromatic carbocycles. The Bertz CT molecular complexity index is 472. The molecule has 0 spiro atoms. The maximum absolute atomic E-state index is 11.9. The first kappa shape index (κ1) is 13.4. The van der Waals surface area contributed by atoms with Crippen molar-refractivity contribution in [2.24, 2.45) is 0 Å². The second kappa shape index (κ2) is 6.26. The van der Waals surface area contributed by atoms with Crippen LogP contribution in [0.25, 0.3) is 0 Å². The van der Waals surface area contributed by atoms with Gasteiger partial charge in [0, 0.05) is 43.9 Å². The number of nitro groups is 1. The summed E-state index contributed by atoms with van der Waals surface area (Å²) in [5.41, 5.74) is 0.235. The molecule has 0 atom stereocenters. The smallest absolute Gasteiger partial charge is 0.270 e. The third-order valence-electron chi connectivity index (χ3n) is 2.99. The van der Waals surface area contributed by atoms with E-state index in [2.05, 4.69) is 15.5 Å². The number of carbonyl (C=O) groups excluding carboxylic acids is 1. The van der Waals surface area contributed by atoms with Crippen molar-refractivity contribution in [3.63, 3.8) is 0 Å². The van der Waals surface area contributed by atoms with Gasteiger partial charge in [-0.15, -0.1) is 0 Å². The number of amides is 1. The van der Waals surface area contributed by atoms with Crippen LogP contribution in [-0.2, 0) is 0 Å². The second-order valence-corrected chi connectivity index (χ2v) is 4.34. The molecule has 1 amide bonds. The summed E-state index contributed by atoms with van der Waals surface area (Å²) in [4.78, 5) is 24.1. The van der Waals surface area contributed by atoms with Crippen LogP contribution in [0.2, 0.25) is 0 Å². The van der Waals surface area contributed by atoms with Gasteiger partial charge in [0.05, 0.1) is 11.6 Å². The second-order valence-electron chi connectivity index (χ2n) is 4.34. The van der Waals surface area contributed by atoms with E-state index in [9.17, 15) is 14.9 Å². The molecular formula is C12H16N4O3. The summed E-state index contributed by atoms with van der Waals surface area (Å²) in [6.45, 7) is 4.05. The predicted molar refractivity (Wildman–Crippen MR) is 69.9 cm³/mol. The fourth-order valence-corrected chi connectivity index (χ4v) is 1.92. The van der Waals surface area contributed by atoms with Gasteiger partial charge in [-0.3, -0.25) is 19.8 Å². The van der Waals surface area contributed by atoms with E-state index in [0.29, 0.717) is 12.2 Å². The summed E-state index contributed by atoms with van der Waals surface area (Å²) in [6.07, 6.45) is 0. The van der Waals surface area contributed by atoms with Crippen molar-refractivity contribution < 1.29 is 9.72 Å². The maximum atomic E-state index is 11.9. The fraction of sp³-hybridized carbons (Fsp3) is 0.417. The first-order valence-corrected chi connectivity index (χ1v) is 6.12. The molecule has 7 heteroatoms. The fourth-order valence-electron chi connectivity index (χ4n) is 1.92. The zero-order valence-corrected chi connectivity index (χ0v) is 10.5. The summed E-state index contributed by atoms with van der Waals surface area (Å²) in [5.74, 6) is -0.290. The zero-order valence-electron chi connectivity index (χ0n) is 10.5. The van der Waals surface area contributed by atoms with Crippen molar-refractivity contribution in [1.29, 1.82) is 0 Å². The van der Waals surface area contributed by atoms with E-state index in [1.165, 1.54) is 18.2 Å². The molecule has 1 aromatic rings. The number of carbonyl (C=O) groups is 1. The number of non-ortho nitro benzene ring substituents is 1. The lowest BCUT2D eigenvalue weighted by Gasteiger charge is -2.27. The molecule has 102 valence electrons. The van der Waals surface area contributed by atoms with Gasteiger partial charge in [-0.25, -0.2) is 0 Å². The summed E-state index contributed by atoms with van der Waals surface area (Å²) in [5, 5.41) is 16.6. The van der Waals surface area contributed by atoms with Gasteiger partial charge < -0.3 is 10.6 Å². The summed E-state index contributed by atoms with van der Waals surface area (Å²) in [7, 11) is 0. The van der Waals surface area contributed by atoms with E-state index in [4.69, 9.17) is 0 Å². The van der Waals surface area contributed by atoms with E-state index in [0.717, 1.165) is 26.2 Å². The number of rotatable bonds is 4. The molecule has 0 bridgehead atoms. The minimum absolute atomic E-state index is 0.0742. The van der Waals surface area contributed by atoms with Gasteiger partial charge in [0.2, 0.25) is 0 Å². The highest BCUT2D eigenvalue weighted by molar-refractivity contribution is 5.94. The quantitative estimate of drug-likeness (QED) is 0.598. The summed E-state index contributed by atoms with van der Waals surface area (Å²) in [6, 6.07) is 5.73. The van der Waals surface area contributed by atoms with E-state index in [-0.39, 0.29) is 11.6 Å². The average molecular weight is 264 g/mol. The summed E-state index contributed by atoms with van der Waals surface area (Å²) >= 11 is 0. The minimum atomic E-state index is -0.507. The Morgan fingerprint density at radius 1 is 1.42 bits per heavy atom. The molecule has 7 nitrogen and oxygen atoms in total. The first-order chi connectivity index (χ1) is 9.16. The van der Waals surface area contributed by atoms with Crippen molar-refractivity contribution in [2.75, 3.05) is 32.8 Å². The lowest BCUT2D eigenvalue weighted by Crippen LogP contribution is -2.48. The van der Waals surface area contributed by atoms with Crippen LogP contribution >= 0.6 is 0 Å². The Hall–Kier alpha value is -1.99. The molecule has 19 heavy (non-hydrogen) atoms. The molecule has 2 rings (SSSR count). The number of piperazine rings is 1. The number of nitrogens with one attached hydrogen (secondary N) is 2. The third kappa shape index (κ3) is 3.73. The molecule has 1 aliphatic rings. The molecule has 0 unspecified atom stereocenters. The van der Waals surface area contributed by atoms with Gasteiger partial charge in [-0.05, 0) is 6.07 Å². The molecule has 1 fully saturated rings. The highest BCUT2D eigenvalue weighted by atomic mass is 16.6. The molecule has 0 aliphatic carbocycles. The number of hydrogen-bond acceptors (Lipinski definition) is 5. The van der Waals surface area contributed by atoms with Crippen LogP contribution in [0.4, 0.5) is 5.69 Å². The minimum Gasteiger partial charge on any atom is -0.339 e. The normalized spacial score (nSPS) is 16.0. The first-order valence-electron chi connectivity index (χ1n) is 6.12. The van der Waals surface area contributed by atoms with Crippen LogP contribution in [0.15, 0.2) is 24.3 Å². The average Bonchev–Trinajstić information content (AvgIpc) is 2.46. The summed E-state index contributed by atoms with van der Waals surface area (Å²) < 4.78 is 0. The van der Waals surface area contributed by atoms with Gasteiger partial charge in [0.15, 0.2) is 0 Å². The highest BCUT2D eigenvalue weighted by Crippen LogP contribution is 2.12. The number of hydrogen-bond donors (Lipinski definition) is 2. The van der Waals surface area contributed by atoms with Crippen molar-refractivity contribution in [2.45, 2.75) is 0 Å². The van der Waals surface area contributed by atoms with Crippen molar-refractivity contribution >= 4 is 11.6 Å². The molecule has 0 radical (unpaired) electrons. The Labute approximate surface area is 110 Å². The molecular weight excluding hydrogens is 248 g/mol. The van der Waals surface area contributed by atoms with E-state index < -0.39 is 4.92 Å². The number of nitrogens with zero attached hydrogens (tertiary/aromatic N) is 2. The number of nitro benzene ring substituents is 1. The van der Waals surface area contributed by atoms with Crippen LogP contribution in [0.1, 0.15) is 10.4 Å². The Morgan fingerprint density at radius 3 is 2.84 bits per heavy atom. The van der Waals surface area contributed by atoms with Gasteiger partial charge in [0.25, 0.3) is 11.6 Å². The highest BCUT2D eigenvalue weighted by Gasteiger charge is 2.13. The SMILES string of the molecule is O=C(NCN1CCNCC1)c1cccc([N+](=O)[O-])c1. The van der Waals surface area contributed by atoms with E-state index in [1.54, 1.807) is 6.07 Å². The number of benzene rings is 1. The standard InChI is InChI=1S/C12H16N4O3/c17-12(14-9-15-6-4-13-5-7-15)10-2-1-3-11(8-10)16(18)19/h1-3,8,13H,4-7,9H2,(H,14,17). The predicted octanol–water partition coefficient (Wildman–Crippen LogP) is 0.187. The van der Waals surface area contributed by atoms with Gasteiger partial charge in [0.1, 0.15) is 0 Å². The molecule has 0 aromatic heterocycles. The van der Waals surface area contributed by atoms with Gasteiger partial charge >= 0.3 is 0 Å². The molecule has 1 heterocycles. The molecule has 0 saturated carbocycles. The largest absolute Gasteiger partial charge is 0.339 e. The van der Waals surface area contributed by atoms with Crippen LogP contribution in [-0.4, -0.2) is 48.6 Å². The Morgan fingerprint density at radius 2 is 2.16 bits per heavy atom. The monoisotopic (exact) mass is 264 g/mol. The van der Waals surface area contributed by atoms with Crippen LogP contribution in [0.5, 0.6) is 0 Å².